The van der Waals surface area contributed by atoms with Crippen LogP contribution in [-0.2, 0) is 0 Å². The molecule has 0 saturated carbocycles. The third-order valence-corrected chi connectivity index (χ3v) is 3.51. The highest BCUT2D eigenvalue weighted by atomic mass is 32.2. The van der Waals surface area contributed by atoms with Crippen molar-refractivity contribution in [3.05, 3.63) is 36.4 Å². The van der Waals surface area contributed by atoms with E-state index in [1.165, 1.54) is 22.1 Å². The fourth-order valence-electron chi connectivity index (χ4n) is 1.75. The van der Waals surface area contributed by atoms with Gasteiger partial charge in [-0.1, -0.05) is 25.5 Å². The average Bonchev–Trinajstić information content (AvgIpc) is 2.38. The summed E-state index contributed by atoms with van der Waals surface area (Å²) < 4.78 is 5.71. The molecule has 0 radical (unpaired) electrons. The van der Waals surface area contributed by atoms with Crippen LogP contribution in [0.1, 0.15) is 19.8 Å². The molecule has 2 rings (SSSR count). The van der Waals surface area contributed by atoms with E-state index in [1.54, 1.807) is 11.8 Å². The summed E-state index contributed by atoms with van der Waals surface area (Å²) in [6, 6.07) is 12.8. The molecule has 2 heteroatoms. The summed E-state index contributed by atoms with van der Waals surface area (Å²) in [6.45, 7) is 2.98. The van der Waals surface area contributed by atoms with Crippen LogP contribution in [0.25, 0.3) is 10.8 Å². The molecule has 0 atom stereocenters. The van der Waals surface area contributed by atoms with Crippen LogP contribution in [0.5, 0.6) is 5.75 Å². The number of thioether (sulfide) groups is 1. The Kier molecular flexibility index (Phi) is 4.32. The molecule has 0 aliphatic heterocycles. The van der Waals surface area contributed by atoms with E-state index >= 15 is 0 Å². The Morgan fingerprint density at radius 1 is 1.06 bits per heavy atom. The molecular weight excluding hydrogens is 228 g/mol. The largest absolute Gasteiger partial charge is 0.494 e. The monoisotopic (exact) mass is 246 g/mol. The highest BCUT2D eigenvalue weighted by Crippen LogP contribution is 2.25. The molecule has 0 aliphatic rings. The molecule has 1 nitrogen and oxygen atoms in total. The maximum Gasteiger partial charge on any atom is 0.119 e. The average molecular weight is 246 g/mol. The fourth-order valence-corrected chi connectivity index (χ4v) is 2.20. The summed E-state index contributed by atoms with van der Waals surface area (Å²) >= 11 is 1.77. The van der Waals surface area contributed by atoms with Crippen molar-refractivity contribution in [2.45, 2.75) is 24.7 Å². The molecule has 90 valence electrons. The molecule has 0 unspecified atom stereocenters. The maximum absolute atomic E-state index is 5.71. The number of ether oxygens (including phenoxy) is 1. The predicted molar refractivity (Wildman–Crippen MR) is 76.1 cm³/mol. The van der Waals surface area contributed by atoms with Gasteiger partial charge in [0.25, 0.3) is 0 Å². The number of unbranched alkanes of at least 4 members (excludes halogenated alkanes) is 1. The Balaban J connectivity index is 2.19. The van der Waals surface area contributed by atoms with Gasteiger partial charge in [0.2, 0.25) is 0 Å². The quantitative estimate of drug-likeness (QED) is 0.556. The third kappa shape index (κ3) is 3.16. The van der Waals surface area contributed by atoms with E-state index in [4.69, 9.17) is 4.74 Å². The molecule has 0 heterocycles. The topological polar surface area (TPSA) is 9.23 Å². The van der Waals surface area contributed by atoms with Crippen LogP contribution in [0.4, 0.5) is 0 Å². The second kappa shape index (κ2) is 5.97. The van der Waals surface area contributed by atoms with Gasteiger partial charge in [0.15, 0.2) is 0 Å². The zero-order chi connectivity index (χ0) is 12.1. The molecule has 0 bridgehead atoms. The van der Waals surface area contributed by atoms with E-state index in [0.717, 1.165) is 18.8 Å². The van der Waals surface area contributed by atoms with Crippen molar-refractivity contribution in [1.82, 2.24) is 0 Å². The van der Waals surface area contributed by atoms with Gasteiger partial charge in [-0.3, -0.25) is 0 Å². The molecular formula is C15H18OS. The van der Waals surface area contributed by atoms with Gasteiger partial charge in [-0.25, -0.2) is 0 Å². The van der Waals surface area contributed by atoms with Crippen LogP contribution < -0.4 is 4.74 Å². The standard InChI is InChI=1S/C15H18OS/c1-3-4-9-16-14-7-5-13-11-15(17-2)8-6-12(13)10-14/h5-8,10-11H,3-4,9H2,1-2H3. The van der Waals surface area contributed by atoms with Crippen molar-refractivity contribution in [3.8, 4) is 5.75 Å². The zero-order valence-electron chi connectivity index (χ0n) is 10.4. The van der Waals surface area contributed by atoms with Gasteiger partial charge in [0.05, 0.1) is 6.61 Å². The molecule has 0 aromatic heterocycles. The van der Waals surface area contributed by atoms with Crippen molar-refractivity contribution < 1.29 is 4.74 Å². The predicted octanol–water partition coefficient (Wildman–Crippen LogP) is 4.74. The number of hydrogen-bond donors (Lipinski definition) is 0. The number of rotatable bonds is 5. The van der Waals surface area contributed by atoms with Gasteiger partial charge in [-0.15, -0.1) is 11.8 Å². The molecule has 0 spiro atoms. The Bertz CT molecular complexity index is 493. The van der Waals surface area contributed by atoms with Gasteiger partial charge in [-0.05, 0) is 47.7 Å². The van der Waals surface area contributed by atoms with Gasteiger partial charge in [-0.2, -0.15) is 0 Å². The van der Waals surface area contributed by atoms with Crippen LogP contribution in [0.3, 0.4) is 0 Å². The Hall–Kier alpha value is -1.15. The maximum atomic E-state index is 5.71. The van der Waals surface area contributed by atoms with E-state index in [1.807, 2.05) is 0 Å². The first-order valence-electron chi connectivity index (χ1n) is 6.04. The first kappa shape index (κ1) is 12.3. The molecule has 0 fully saturated rings. The summed E-state index contributed by atoms with van der Waals surface area (Å²) in [4.78, 5) is 1.30. The van der Waals surface area contributed by atoms with Crippen LogP contribution >= 0.6 is 11.8 Å². The second-order valence-corrected chi connectivity index (χ2v) is 4.96. The minimum Gasteiger partial charge on any atom is -0.494 e. The second-order valence-electron chi connectivity index (χ2n) is 4.08. The summed E-state index contributed by atoms with van der Waals surface area (Å²) in [5, 5.41) is 2.52. The van der Waals surface area contributed by atoms with Crippen molar-refractivity contribution in [1.29, 1.82) is 0 Å². The Labute approximate surface area is 107 Å². The summed E-state index contributed by atoms with van der Waals surface area (Å²) in [5.74, 6) is 0.975. The molecule has 2 aromatic rings. The first-order chi connectivity index (χ1) is 8.33. The van der Waals surface area contributed by atoms with Gasteiger partial charge < -0.3 is 4.74 Å². The fraction of sp³-hybridized carbons (Fsp3) is 0.333. The minimum atomic E-state index is 0.810. The van der Waals surface area contributed by atoms with Crippen molar-refractivity contribution in [3.63, 3.8) is 0 Å². The first-order valence-corrected chi connectivity index (χ1v) is 7.26. The normalized spacial score (nSPS) is 10.7. The van der Waals surface area contributed by atoms with Crippen LogP contribution in [0.2, 0.25) is 0 Å². The number of hydrogen-bond acceptors (Lipinski definition) is 2. The Morgan fingerprint density at radius 3 is 2.59 bits per heavy atom. The van der Waals surface area contributed by atoms with Crippen molar-refractivity contribution in [2.24, 2.45) is 0 Å². The molecule has 0 saturated heterocycles. The van der Waals surface area contributed by atoms with E-state index in [9.17, 15) is 0 Å². The molecule has 0 N–H and O–H groups in total. The van der Waals surface area contributed by atoms with E-state index < -0.39 is 0 Å². The summed E-state index contributed by atoms with van der Waals surface area (Å²) in [5.41, 5.74) is 0. The van der Waals surface area contributed by atoms with E-state index in [0.29, 0.717) is 0 Å². The smallest absolute Gasteiger partial charge is 0.119 e. The SMILES string of the molecule is CCCCOc1ccc2cc(SC)ccc2c1. The zero-order valence-corrected chi connectivity index (χ0v) is 11.2. The number of fused-ring (bicyclic) bond motifs is 1. The lowest BCUT2D eigenvalue weighted by Gasteiger charge is -2.07. The highest BCUT2D eigenvalue weighted by molar-refractivity contribution is 7.98. The lowest BCUT2D eigenvalue weighted by molar-refractivity contribution is 0.310. The molecule has 0 aliphatic carbocycles. The minimum absolute atomic E-state index is 0.810. The van der Waals surface area contributed by atoms with Crippen LogP contribution in [0, 0.1) is 0 Å². The van der Waals surface area contributed by atoms with Crippen LogP contribution in [0.15, 0.2) is 41.3 Å². The highest BCUT2D eigenvalue weighted by Gasteiger charge is 1.99. The van der Waals surface area contributed by atoms with Gasteiger partial charge in [0.1, 0.15) is 5.75 Å². The van der Waals surface area contributed by atoms with Crippen molar-refractivity contribution >= 4 is 22.5 Å². The van der Waals surface area contributed by atoms with Gasteiger partial charge >= 0.3 is 0 Å². The third-order valence-electron chi connectivity index (χ3n) is 2.79. The van der Waals surface area contributed by atoms with E-state index in [2.05, 4.69) is 49.6 Å². The van der Waals surface area contributed by atoms with Crippen LogP contribution in [-0.4, -0.2) is 12.9 Å². The van der Waals surface area contributed by atoms with Gasteiger partial charge in [0, 0.05) is 4.90 Å². The van der Waals surface area contributed by atoms with E-state index in [-0.39, 0.29) is 0 Å². The molecule has 2 aromatic carbocycles. The lowest BCUT2D eigenvalue weighted by atomic mass is 10.1. The summed E-state index contributed by atoms with van der Waals surface area (Å²) in [7, 11) is 0. The molecule has 17 heavy (non-hydrogen) atoms. The summed E-state index contributed by atoms with van der Waals surface area (Å²) in [6.07, 6.45) is 4.39. The lowest BCUT2D eigenvalue weighted by Crippen LogP contribution is -1.95. The Morgan fingerprint density at radius 2 is 1.82 bits per heavy atom. The molecule has 0 amide bonds. The van der Waals surface area contributed by atoms with Crippen molar-refractivity contribution in [2.75, 3.05) is 12.9 Å². The number of benzene rings is 2.